The van der Waals surface area contributed by atoms with Crippen molar-refractivity contribution in [2.45, 2.75) is 0 Å². The number of aromatic hydroxyl groups is 2. The Bertz CT molecular complexity index is 755. The van der Waals surface area contributed by atoms with Crippen LogP contribution in [0, 0.1) is 0 Å². The van der Waals surface area contributed by atoms with E-state index in [1.807, 2.05) is 0 Å². The maximum Gasteiger partial charge on any atom is 0.140 e. The second-order valence-electron chi connectivity index (χ2n) is 4.04. The highest BCUT2D eigenvalue weighted by Crippen LogP contribution is 2.24. The summed E-state index contributed by atoms with van der Waals surface area (Å²) in [7, 11) is 1.70. The van der Waals surface area contributed by atoms with Gasteiger partial charge < -0.3 is 14.6 Å². The van der Waals surface area contributed by atoms with Crippen LogP contribution in [0.4, 0.5) is 0 Å². The van der Waals surface area contributed by atoms with Crippen LogP contribution in [-0.2, 0) is 0 Å². The molecular formula is C14H11NO3. The van der Waals surface area contributed by atoms with E-state index >= 15 is 0 Å². The van der Waals surface area contributed by atoms with Gasteiger partial charge in [-0.25, -0.2) is 0 Å². The number of rotatable bonds is 0. The maximum absolute atomic E-state index is 9.48. The third-order valence-corrected chi connectivity index (χ3v) is 2.88. The van der Waals surface area contributed by atoms with Crippen LogP contribution in [0.1, 0.15) is 0 Å². The first-order valence-electron chi connectivity index (χ1n) is 5.50. The molecule has 0 spiro atoms. The molecule has 0 fully saturated rings. The van der Waals surface area contributed by atoms with Crippen LogP contribution in [0.3, 0.4) is 0 Å². The summed E-state index contributed by atoms with van der Waals surface area (Å²) in [5, 5.41) is 21.4. The predicted octanol–water partition coefficient (Wildman–Crippen LogP) is 2.53. The summed E-state index contributed by atoms with van der Waals surface area (Å²) in [5.74, 6) is 0.264. The molecule has 2 N–H and O–H groups in total. The van der Waals surface area contributed by atoms with E-state index in [4.69, 9.17) is 4.42 Å². The second kappa shape index (κ2) is 3.77. The van der Waals surface area contributed by atoms with Crippen molar-refractivity contribution >= 4 is 21.9 Å². The Morgan fingerprint density at radius 1 is 0.889 bits per heavy atom. The Labute approximate surface area is 102 Å². The van der Waals surface area contributed by atoms with Crippen LogP contribution in [0.15, 0.2) is 45.8 Å². The lowest BCUT2D eigenvalue weighted by Gasteiger charge is -2.04. The van der Waals surface area contributed by atoms with Crippen molar-refractivity contribution in [1.82, 2.24) is 0 Å². The highest BCUT2D eigenvalue weighted by Gasteiger charge is 2.07. The molecule has 4 nitrogen and oxygen atoms in total. The van der Waals surface area contributed by atoms with E-state index < -0.39 is 0 Å². The number of hydrogen-bond donors (Lipinski definition) is 2. The second-order valence-corrected chi connectivity index (χ2v) is 4.04. The van der Waals surface area contributed by atoms with E-state index in [1.54, 1.807) is 31.3 Å². The molecule has 2 aromatic carbocycles. The molecule has 0 saturated heterocycles. The van der Waals surface area contributed by atoms with Gasteiger partial charge in [-0.1, -0.05) is 0 Å². The molecule has 0 aliphatic rings. The van der Waals surface area contributed by atoms with Crippen molar-refractivity contribution < 1.29 is 14.6 Å². The summed E-state index contributed by atoms with van der Waals surface area (Å²) in [6.07, 6.45) is 0. The minimum atomic E-state index is 0.132. The van der Waals surface area contributed by atoms with E-state index in [0.29, 0.717) is 11.2 Å². The quantitative estimate of drug-likeness (QED) is 0.594. The molecule has 3 rings (SSSR count). The Hall–Kier alpha value is -2.49. The highest BCUT2D eigenvalue weighted by molar-refractivity contribution is 5.90. The minimum absolute atomic E-state index is 0.132. The maximum atomic E-state index is 9.48. The van der Waals surface area contributed by atoms with E-state index in [1.165, 1.54) is 12.1 Å². The van der Waals surface area contributed by atoms with Crippen LogP contribution in [0.5, 0.6) is 11.5 Å². The smallest absolute Gasteiger partial charge is 0.140 e. The molecule has 0 saturated carbocycles. The number of hydrogen-bond acceptors (Lipinski definition) is 4. The van der Waals surface area contributed by atoms with Gasteiger partial charge in [-0.15, -0.1) is 0 Å². The third kappa shape index (κ3) is 1.50. The number of fused-ring (bicyclic) bond motifs is 2. The van der Waals surface area contributed by atoms with Crippen molar-refractivity contribution in [3.8, 4) is 11.5 Å². The lowest BCUT2D eigenvalue weighted by Crippen LogP contribution is -2.04. The number of phenols is 2. The number of nitrogens with zero attached hydrogens (tertiary/aromatic N) is 1. The van der Waals surface area contributed by atoms with Gasteiger partial charge in [-0.3, -0.25) is 4.99 Å². The van der Waals surface area contributed by atoms with Gasteiger partial charge in [0.15, 0.2) is 0 Å². The summed E-state index contributed by atoms with van der Waals surface area (Å²) >= 11 is 0. The predicted molar refractivity (Wildman–Crippen MR) is 68.5 cm³/mol. The highest BCUT2D eigenvalue weighted by atomic mass is 16.3. The summed E-state index contributed by atoms with van der Waals surface area (Å²) < 4.78 is 5.67. The fourth-order valence-electron chi connectivity index (χ4n) is 2.09. The first-order chi connectivity index (χ1) is 8.69. The molecule has 0 unspecified atom stereocenters. The van der Waals surface area contributed by atoms with Crippen molar-refractivity contribution in [2.75, 3.05) is 7.05 Å². The van der Waals surface area contributed by atoms with Gasteiger partial charge in [0.25, 0.3) is 0 Å². The Kier molecular flexibility index (Phi) is 2.23. The molecule has 90 valence electrons. The monoisotopic (exact) mass is 241 g/mol. The van der Waals surface area contributed by atoms with Crippen molar-refractivity contribution in [3.63, 3.8) is 0 Å². The normalized spacial score (nSPS) is 10.9. The molecule has 0 radical (unpaired) electrons. The zero-order chi connectivity index (χ0) is 12.7. The van der Waals surface area contributed by atoms with E-state index in [2.05, 4.69) is 4.99 Å². The van der Waals surface area contributed by atoms with Crippen molar-refractivity contribution in [3.05, 3.63) is 41.8 Å². The van der Waals surface area contributed by atoms with Gasteiger partial charge in [0, 0.05) is 30.0 Å². The molecular weight excluding hydrogens is 230 g/mol. The van der Waals surface area contributed by atoms with Gasteiger partial charge in [-0.2, -0.15) is 0 Å². The van der Waals surface area contributed by atoms with Gasteiger partial charge in [0.05, 0.1) is 5.36 Å². The van der Waals surface area contributed by atoms with E-state index in [0.717, 1.165) is 16.1 Å². The molecule has 1 heterocycles. The molecule has 0 bridgehead atoms. The van der Waals surface area contributed by atoms with Crippen LogP contribution in [0.2, 0.25) is 0 Å². The zero-order valence-electron chi connectivity index (χ0n) is 9.71. The minimum Gasteiger partial charge on any atom is -0.508 e. The van der Waals surface area contributed by atoms with Crippen molar-refractivity contribution in [1.29, 1.82) is 0 Å². The molecule has 1 aromatic heterocycles. The summed E-state index contributed by atoms with van der Waals surface area (Å²) in [6, 6.07) is 9.80. The van der Waals surface area contributed by atoms with Crippen LogP contribution < -0.4 is 5.36 Å². The first-order valence-corrected chi connectivity index (χ1v) is 5.50. The van der Waals surface area contributed by atoms with Crippen LogP contribution in [-0.4, -0.2) is 17.3 Å². The Morgan fingerprint density at radius 3 is 1.83 bits per heavy atom. The summed E-state index contributed by atoms with van der Waals surface area (Å²) in [4.78, 5) is 4.26. The third-order valence-electron chi connectivity index (χ3n) is 2.88. The van der Waals surface area contributed by atoms with Gasteiger partial charge >= 0.3 is 0 Å². The van der Waals surface area contributed by atoms with E-state index in [-0.39, 0.29) is 11.5 Å². The topological polar surface area (TPSA) is 66.0 Å². The first kappa shape index (κ1) is 10.7. The fraction of sp³-hybridized carbons (Fsp3) is 0.0714. The number of benzene rings is 2. The summed E-state index contributed by atoms with van der Waals surface area (Å²) in [6.45, 7) is 0. The lowest BCUT2D eigenvalue weighted by molar-refractivity contribution is 0.473. The molecule has 3 aromatic rings. The average Bonchev–Trinajstić information content (AvgIpc) is 2.35. The molecule has 0 amide bonds. The molecule has 0 aliphatic heterocycles. The Morgan fingerprint density at radius 2 is 1.39 bits per heavy atom. The lowest BCUT2D eigenvalue weighted by atomic mass is 10.1. The Balaban J connectivity index is 2.61. The summed E-state index contributed by atoms with van der Waals surface area (Å²) in [5.41, 5.74) is 1.07. The van der Waals surface area contributed by atoms with Crippen LogP contribution in [0.25, 0.3) is 21.9 Å². The fourth-order valence-corrected chi connectivity index (χ4v) is 2.09. The largest absolute Gasteiger partial charge is 0.508 e. The molecule has 0 aliphatic carbocycles. The molecule has 18 heavy (non-hydrogen) atoms. The van der Waals surface area contributed by atoms with Gasteiger partial charge in [0.1, 0.15) is 22.7 Å². The average molecular weight is 241 g/mol. The molecule has 4 heteroatoms. The SMILES string of the molecule is CN=c1c2ccc(O)cc2oc2cc(O)ccc12. The number of phenolic OH excluding ortho intramolecular Hbond substituents is 2. The zero-order valence-corrected chi connectivity index (χ0v) is 9.71. The standard InChI is InChI=1S/C14H11NO3/c1-15-14-10-4-2-8(16)6-12(10)18-13-7-9(17)3-5-11(13)14/h2-7,16-17H,1H3. The van der Waals surface area contributed by atoms with Crippen LogP contribution >= 0.6 is 0 Å². The van der Waals surface area contributed by atoms with E-state index in [9.17, 15) is 10.2 Å². The molecule has 0 atom stereocenters. The van der Waals surface area contributed by atoms with Gasteiger partial charge in [0.2, 0.25) is 0 Å². The van der Waals surface area contributed by atoms with Crippen molar-refractivity contribution in [2.24, 2.45) is 4.99 Å². The van der Waals surface area contributed by atoms with Gasteiger partial charge in [-0.05, 0) is 24.3 Å².